The smallest absolute Gasteiger partial charge is 0.284 e. The Kier molecular flexibility index (Phi) is 4.74. The summed E-state index contributed by atoms with van der Waals surface area (Å²) in [6.07, 6.45) is 2.91. The molecule has 0 bridgehead atoms. The normalized spacial score (nSPS) is 11.9. The molecule has 0 aliphatic rings. The van der Waals surface area contributed by atoms with Crippen LogP contribution >= 0.6 is 11.8 Å². The predicted molar refractivity (Wildman–Crippen MR) is 85.6 cm³/mol. The molecule has 3 aromatic rings. The molecule has 0 aliphatic heterocycles. The van der Waals surface area contributed by atoms with Crippen LogP contribution in [0.15, 0.2) is 34.0 Å². The lowest BCUT2D eigenvalue weighted by Crippen LogP contribution is -2.06. The quantitative estimate of drug-likeness (QED) is 0.638. The predicted octanol–water partition coefficient (Wildman–Crippen LogP) is 3.01. The van der Waals surface area contributed by atoms with E-state index in [1.54, 1.807) is 16.8 Å². The zero-order chi connectivity index (χ0) is 17.1. The molecule has 3 heterocycles. The fraction of sp³-hybridized carbons (Fsp3) is 0.286. The van der Waals surface area contributed by atoms with Crippen molar-refractivity contribution in [1.29, 1.82) is 0 Å². The van der Waals surface area contributed by atoms with Gasteiger partial charge in [0.15, 0.2) is 0 Å². The van der Waals surface area contributed by atoms with Gasteiger partial charge in [-0.15, -0.1) is 10.2 Å². The van der Waals surface area contributed by atoms with Gasteiger partial charge in [0.1, 0.15) is 17.8 Å². The molecule has 24 heavy (non-hydrogen) atoms. The maximum atomic E-state index is 12.2. The van der Waals surface area contributed by atoms with Gasteiger partial charge in [0.2, 0.25) is 0 Å². The van der Waals surface area contributed by atoms with Gasteiger partial charge in [-0.25, -0.2) is 4.68 Å². The first-order valence-corrected chi connectivity index (χ1v) is 8.04. The average molecular weight is 352 g/mol. The maximum Gasteiger partial charge on any atom is 0.284 e. The van der Waals surface area contributed by atoms with Crippen LogP contribution in [0, 0.1) is 13.8 Å². The first-order valence-electron chi connectivity index (χ1n) is 6.99. The minimum atomic E-state index is -2.42. The molecule has 7 nitrogen and oxygen atoms in total. The highest BCUT2D eigenvalue weighted by Gasteiger charge is 2.11. The van der Waals surface area contributed by atoms with Crippen molar-refractivity contribution in [3.8, 4) is 5.95 Å². The van der Waals surface area contributed by atoms with Gasteiger partial charge in [0, 0.05) is 5.69 Å². The van der Waals surface area contributed by atoms with E-state index in [0.717, 1.165) is 11.4 Å². The van der Waals surface area contributed by atoms with Gasteiger partial charge in [-0.1, -0.05) is 11.8 Å². The van der Waals surface area contributed by atoms with Gasteiger partial charge in [-0.2, -0.15) is 23.7 Å². The molecule has 0 radical (unpaired) electrons. The van der Waals surface area contributed by atoms with Crippen LogP contribution in [0.25, 0.3) is 5.95 Å². The van der Waals surface area contributed by atoms with Gasteiger partial charge in [-0.3, -0.25) is 0 Å². The summed E-state index contributed by atoms with van der Waals surface area (Å²) in [6.45, 7) is 3.79. The minimum Gasteiger partial charge on any atom is -0.459 e. The SMILES string of the molecule is Cc1cc(C)n(-c2nncn2/N=C\c2ccc(CSC(F)F)o2)n1. The van der Waals surface area contributed by atoms with Crippen LogP contribution < -0.4 is 0 Å². The monoisotopic (exact) mass is 352 g/mol. The van der Waals surface area contributed by atoms with Crippen LogP contribution in [0.2, 0.25) is 0 Å². The summed E-state index contributed by atoms with van der Waals surface area (Å²) in [5.41, 5.74) is 1.76. The summed E-state index contributed by atoms with van der Waals surface area (Å²) < 4.78 is 32.9. The second kappa shape index (κ2) is 6.95. The van der Waals surface area contributed by atoms with Crippen LogP contribution in [0.3, 0.4) is 0 Å². The highest BCUT2D eigenvalue weighted by atomic mass is 32.2. The molecular formula is C14H14F2N6OS. The number of aryl methyl sites for hydroxylation is 2. The summed E-state index contributed by atoms with van der Waals surface area (Å²) in [5, 5.41) is 16.4. The topological polar surface area (TPSA) is 74.0 Å². The lowest BCUT2D eigenvalue weighted by atomic mass is 10.4. The number of halogens is 2. The van der Waals surface area contributed by atoms with Crippen LogP contribution in [0.5, 0.6) is 0 Å². The first kappa shape index (κ1) is 16.4. The van der Waals surface area contributed by atoms with E-state index in [-0.39, 0.29) is 5.75 Å². The molecule has 10 heteroatoms. The van der Waals surface area contributed by atoms with Crippen LogP contribution in [-0.4, -0.2) is 36.6 Å². The number of hydrogen-bond acceptors (Lipinski definition) is 6. The molecule has 0 spiro atoms. The molecule has 3 rings (SSSR count). The average Bonchev–Trinajstić information content (AvgIpc) is 3.23. The van der Waals surface area contributed by atoms with Crippen molar-refractivity contribution in [3.05, 3.63) is 47.4 Å². The van der Waals surface area contributed by atoms with Gasteiger partial charge >= 0.3 is 0 Å². The van der Waals surface area contributed by atoms with E-state index in [4.69, 9.17) is 4.42 Å². The zero-order valence-electron chi connectivity index (χ0n) is 12.9. The van der Waals surface area contributed by atoms with E-state index in [9.17, 15) is 8.78 Å². The largest absolute Gasteiger partial charge is 0.459 e. The Hall–Kier alpha value is -2.49. The third-order valence-electron chi connectivity index (χ3n) is 3.06. The molecule has 0 saturated carbocycles. The minimum absolute atomic E-state index is 0.106. The summed E-state index contributed by atoms with van der Waals surface area (Å²) in [4.78, 5) is 0. The summed E-state index contributed by atoms with van der Waals surface area (Å²) in [5.74, 6) is -0.962. The second-order valence-corrected chi connectivity index (χ2v) is 5.91. The van der Waals surface area contributed by atoms with Crippen LogP contribution in [0.4, 0.5) is 8.78 Å². The van der Waals surface area contributed by atoms with E-state index in [1.807, 2.05) is 19.9 Å². The van der Waals surface area contributed by atoms with Gasteiger partial charge in [-0.05, 0) is 32.0 Å². The van der Waals surface area contributed by atoms with Crippen LogP contribution in [0.1, 0.15) is 22.9 Å². The molecule has 0 unspecified atom stereocenters. The summed E-state index contributed by atoms with van der Waals surface area (Å²) >= 11 is 0.509. The number of nitrogens with zero attached hydrogens (tertiary/aromatic N) is 6. The number of furan rings is 1. The Bertz CT molecular complexity index is 853. The molecule has 0 fully saturated rings. The van der Waals surface area contributed by atoms with Gasteiger partial charge in [0.05, 0.1) is 17.7 Å². The molecule has 126 valence electrons. The third-order valence-corrected chi connectivity index (χ3v) is 3.76. The zero-order valence-corrected chi connectivity index (χ0v) is 13.7. The Morgan fingerprint density at radius 1 is 1.38 bits per heavy atom. The van der Waals surface area contributed by atoms with Crippen LogP contribution in [-0.2, 0) is 5.75 Å². The van der Waals surface area contributed by atoms with Crippen molar-refractivity contribution in [1.82, 2.24) is 24.7 Å². The first-order chi connectivity index (χ1) is 11.5. The van der Waals surface area contributed by atoms with Gasteiger partial charge in [0.25, 0.3) is 11.7 Å². The van der Waals surface area contributed by atoms with E-state index in [1.165, 1.54) is 17.2 Å². The number of hydrogen-bond donors (Lipinski definition) is 0. The van der Waals surface area contributed by atoms with E-state index in [2.05, 4.69) is 20.4 Å². The van der Waals surface area contributed by atoms with Crippen molar-refractivity contribution in [3.63, 3.8) is 0 Å². The maximum absolute atomic E-state index is 12.2. The van der Waals surface area contributed by atoms with Crippen molar-refractivity contribution >= 4 is 18.0 Å². The molecule has 0 saturated heterocycles. The van der Waals surface area contributed by atoms with Gasteiger partial charge < -0.3 is 4.42 Å². The molecule has 0 amide bonds. The highest BCUT2D eigenvalue weighted by molar-refractivity contribution is 7.98. The van der Waals surface area contributed by atoms with Crippen molar-refractivity contribution in [2.24, 2.45) is 5.10 Å². The van der Waals surface area contributed by atoms with E-state index < -0.39 is 5.76 Å². The molecule has 0 atom stereocenters. The number of alkyl halides is 2. The van der Waals surface area contributed by atoms with Crippen molar-refractivity contribution < 1.29 is 13.2 Å². The molecule has 0 aliphatic carbocycles. The number of aromatic nitrogens is 5. The van der Waals surface area contributed by atoms with Crippen molar-refractivity contribution in [2.75, 3.05) is 0 Å². The van der Waals surface area contributed by atoms with E-state index in [0.29, 0.717) is 29.2 Å². The third kappa shape index (κ3) is 3.70. The molecule has 0 N–H and O–H groups in total. The lowest BCUT2D eigenvalue weighted by molar-refractivity contribution is 0.251. The van der Waals surface area contributed by atoms with E-state index >= 15 is 0 Å². The Labute approximate surface area is 140 Å². The number of rotatable bonds is 6. The second-order valence-electron chi connectivity index (χ2n) is 4.93. The standard InChI is InChI=1S/C14H14F2N6OS/c1-9-5-10(2)22(20-9)14-19-17-8-21(14)18-6-11-3-4-12(23-11)7-24-13(15)16/h3-6,8,13H,7H2,1-2H3/b18-6-. The molecule has 0 aromatic carbocycles. The van der Waals surface area contributed by atoms with Crippen molar-refractivity contribution in [2.45, 2.75) is 25.4 Å². The highest BCUT2D eigenvalue weighted by Crippen LogP contribution is 2.20. The lowest BCUT2D eigenvalue weighted by Gasteiger charge is -2.01. The Morgan fingerprint density at radius 3 is 2.92 bits per heavy atom. The molecule has 3 aromatic heterocycles. The molecular weight excluding hydrogens is 338 g/mol. The Morgan fingerprint density at radius 2 is 2.21 bits per heavy atom. The summed E-state index contributed by atoms with van der Waals surface area (Å²) in [7, 11) is 0. The fourth-order valence-electron chi connectivity index (χ4n) is 2.08. The fourth-order valence-corrected chi connectivity index (χ4v) is 2.53. The summed E-state index contributed by atoms with van der Waals surface area (Å²) in [6, 6.07) is 5.23. The number of thioether (sulfide) groups is 1. The Balaban J connectivity index is 1.76.